The second kappa shape index (κ2) is 7.85. The molecular weight excluding hydrogens is 298 g/mol. The Hall–Kier alpha value is -2.24. The number of likely N-dealkylation sites (tertiary alicyclic amines) is 1. The molecule has 126 valence electrons. The van der Waals surface area contributed by atoms with Crippen LogP contribution in [0.1, 0.15) is 30.1 Å². The summed E-state index contributed by atoms with van der Waals surface area (Å²) in [7, 11) is 2.95. The number of nitrogens with zero attached hydrogens (tertiary/aromatic N) is 1. The molecule has 1 heterocycles. The van der Waals surface area contributed by atoms with E-state index in [0.717, 1.165) is 25.9 Å². The van der Waals surface area contributed by atoms with Gasteiger partial charge in [0.1, 0.15) is 5.56 Å². The molecule has 0 N–H and O–H groups in total. The number of carbonyl (C=O) groups excluding carboxylic acids is 2. The molecule has 6 nitrogen and oxygen atoms in total. The first-order valence-corrected chi connectivity index (χ1v) is 7.72. The number of para-hydroxylation sites is 1. The number of rotatable bonds is 5. The lowest BCUT2D eigenvalue weighted by molar-refractivity contribution is -0.135. The molecule has 2 rings (SSSR count). The first-order chi connectivity index (χ1) is 11.1. The molecule has 0 bridgehead atoms. The van der Waals surface area contributed by atoms with Crippen molar-refractivity contribution in [2.45, 2.75) is 19.8 Å². The zero-order valence-electron chi connectivity index (χ0n) is 13.8. The van der Waals surface area contributed by atoms with Crippen LogP contribution in [0.5, 0.6) is 11.5 Å². The number of hydrogen-bond acceptors (Lipinski definition) is 5. The van der Waals surface area contributed by atoms with Crippen molar-refractivity contribution in [2.75, 3.05) is 33.9 Å². The first-order valence-electron chi connectivity index (χ1n) is 7.72. The molecule has 1 aliphatic heterocycles. The molecular formula is C17H23NO5. The topological polar surface area (TPSA) is 65.1 Å². The van der Waals surface area contributed by atoms with Gasteiger partial charge in [0.25, 0.3) is 5.91 Å². The van der Waals surface area contributed by atoms with Crippen molar-refractivity contribution < 1.29 is 23.8 Å². The Labute approximate surface area is 136 Å². The highest BCUT2D eigenvalue weighted by Gasteiger charge is 2.23. The number of carbonyl (C=O) groups is 2. The van der Waals surface area contributed by atoms with E-state index in [0.29, 0.717) is 17.4 Å². The zero-order chi connectivity index (χ0) is 16.8. The molecule has 0 aliphatic carbocycles. The summed E-state index contributed by atoms with van der Waals surface area (Å²) in [5, 5.41) is 0. The van der Waals surface area contributed by atoms with Gasteiger partial charge >= 0.3 is 5.97 Å². The molecule has 1 aliphatic rings. The molecule has 0 aromatic heterocycles. The summed E-state index contributed by atoms with van der Waals surface area (Å²) in [4.78, 5) is 26.1. The van der Waals surface area contributed by atoms with Gasteiger partial charge in [-0.25, -0.2) is 4.79 Å². The van der Waals surface area contributed by atoms with Gasteiger partial charge in [-0.3, -0.25) is 4.79 Å². The van der Waals surface area contributed by atoms with Crippen molar-refractivity contribution in [1.82, 2.24) is 4.90 Å². The Kier molecular flexibility index (Phi) is 5.84. The molecule has 0 spiro atoms. The van der Waals surface area contributed by atoms with Crippen molar-refractivity contribution in [3.63, 3.8) is 0 Å². The molecule has 1 aromatic carbocycles. The molecule has 0 saturated carbocycles. The van der Waals surface area contributed by atoms with Crippen LogP contribution in [0, 0.1) is 5.92 Å². The van der Waals surface area contributed by atoms with E-state index in [-0.39, 0.29) is 18.1 Å². The quantitative estimate of drug-likeness (QED) is 0.777. The van der Waals surface area contributed by atoms with Crippen LogP contribution in [0.3, 0.4) is 0 Å². The minimum Gasteiger partial charge on any atom is -0.493 e. The Balaban J connectivity index is 1.96. The Morgan fingerprint density at radius 1 is 1.17 bits per heavy atom. The molecule has 0 atom stereocenters. The van der Waals surface area contributed by atoms with Crippen LogP contribution in [0.15, 0.2) is 18.2 Å². The molecule has 23 heavy (non-hydrogen) atoms. The van der Waals surface area contributed by atoms with E-state index in [9.17, 15) is 9.59 Å². The lowest BCUT2D eigenvalue weighted by atomic mass is 9.99. The Morgan fingerprint density at radius 3 is 2.48 bits per heavy atom. The van der Waals surface area contributed by atoms with Crippen LogP contribution in [0.2, 0.25) is 0 Å². The molecule has 1 amide bonds. The second-order valence-electron chi connectivity index (χ2n) is 5.68. The lowest BCUT2D eigenvalue weighted by Gasteiger charge is -2.30. The molecule has 6 heteroatoms. The number of esters is 1. The van der Waals surface area contributed by atoms with Gasteiger partial charge in [0, 0.05) is 13.1 Å². The normalized spacial score (nSPS) is 15.2. The fourth-order valence-electron chi connectivity index (χ4n) is 2.60. The standard InChI is InChI=1S/C17H23NO5/c1-12-7-9-18(10-8-12)15(19)11-23-17(20)13-5-4-6-14(21-2)16(13)22-3/h4-6,12H,7-11H2,1-3H3. The van der Waals surface area contributed by atoms with E-state index in [1.54, 1.807) is 23.1 Å². The molecule has 1 saturated heterocycles. The van der Waals surface area contributed by atoms with Gasteiger partial charge in [-0.05, 0) is 30.9 Å². The molecule has 0 unspecified atom stereocenters. The summed E-state index contributed by atoms with van der Waals surface area (Å²) in [5.41, 5.74) is 0.243. The van der Waals surface area contributed by atoms with E-state index >= 15 is 0 Å². The monoisotopic (exact) mass is 321 g/mol. The van der Waals surface area contributed by atoms with E-state index in [1.165, 1.54) is 14.2 Å². The van der Waals surface area contributed by atoms with Crippen LogP contribution in [-0.4, -0.2) is 50.7 Å². The maximum Gasteiger partial charge on any atom is 0.342 e. The minimum absolute atomic E-state index is 0.160. The minimum atomic E-state index is -0.598. The highest BCUT2D eigenvalue weighted by atomic mass is 16.5. The highest BCUT2D eigenvalue weighted by Crippen LogP contribution is 2.31. The van der Waals surface area contributed by atoms with Crippen LogP contribution in [0.25, 0.3) is 0 Å². The predicted octanol–water partition coefficient (Wildman–Crippen LogP) is 2.12. The van der Waals surface area contributed by atoms with Gasteiger partial charge in [0.05, 0.1) is 14.2 Å². The summed E-state index contributed by atoms with van der Waals surface area (Å²) in [6.07, 6.45) is 1.98. The summed E-state index contributed by atoms with van der Waals surface area (Å²) >= 11 is 0. The van der Waals surface area contributed by atoms with Crippen LogP contribution < -0.4 is 9.47 Å². The second-order valence-corrected chi connectivity index (χ2v) is 5.68. The predicted molar refractivity (Wildman–Crippen MR) is 84.8 cm³/mol. The van der Waals surface area contributed by atoms with Crippen molar-refractivity contribution in [3.8, 4) is 11.5 Å². The van der Waals surface area contributed by atoms with Gasteiger partial charge < -0.3 is 19.1 Å². The van der Waals surface area contributed by atoms with Gasteiger partial charge in [0.15, 0.2) is 18.1 Å². The van der Waals surface area contributed by atoms with E-state index in [1.807, 2.05) is 0 Å². The molecule has 1 fully saturated rings. The smallest absolute Gasteiger partial charge is 0.342 e. The number of amides is 1. The van der Waals surface area contributed by atoms with Crippen LogP contribution in [0.4, 0.5) is 0 Å². The number of hydrogen-bond donors (Lipinski definition) is 0. The van der Waals surface area contributed by atoms with Gasteiger partial charge in [0.2, 0.25) is 0 Å². The van der Waals surface area contributed by atoms with Crippen molar-refractivity contribution in [3.05, 3.63) is 23.8 Å². The first kappa shape index (κ1) is 17.1. The summed E-state index contributed by atoms with van der Waals surface area (Å²) in [6.45, 7) is 3.37. The van der Waals surface area contributed by atoms with Gasteiger partial charge in [-0.2, -0.15) is 0 Å². The highest BCUT2D eigenvalue weighted by molar-refractivity contribution is 5.95. The Bertz CT molecular complexity index is 564. The average Bonchev–Trinajstić information content (AvgIpc) is 2.59. The number of piperidine rings is 1. The molecule has 0 radical (unpaired) electrons. The van der Waals surface area contributed by atoms with E-state index in [4.69, 9.17) is 14.2 Å². The molecule has 1 aromatic rings. The Morgan fingerprint density at radius 2 is 1.87 bits per heavy atom. The zero-order valence-corrected chi connectivity index (χ0v) is 13.8. The van der Waals surface area contributed by atoms with Gasteiger partial charge in [-0.1, -0.05) is 13.0 Å². The van der Waals surface area contributed by atoms with Crippen molar-refractivity contribution in [2.24, 2.45) is 5.92 Å². The third-order valence-corrected chi connectivity index (χ3v) is 4.09. The third kappa shape index (κ3) is 4.15. The number of ether oxygens (including phenoxy) is 3. The van der Waals surface area contributed by atoms with E-state index in [2.05, 4.69) is 6.92 Å². The number of benzene rings is 1. The summed E-state index contributed by atoms with van der Waals surface area (Å²) < 4.78 is 15.5. The van der Waals surface area contributed by atoms with E-state index < -0.39 is 5.97 Å². The third-order valence-electron chi connectivity index (χ3n) is 4.09. The maximum absolute atomic E-state index is 12.2. The lowest BCUT2D eigenvalue weighted by Crippen LogP contribution is -2.40. The van der Waals surface area contributed by atoms with Gasteiger partial charge in [-0.15, -0.1) is 0 Å². The number of methoxy groups -OCH3 is 2. The fraction of sp³-hybridized carbons (Fsp3) is 0.529. The van der Waals surface area contributed by atoms with Crippen molar-refractivity contribution >= 4 is 11.9 Å². The van der Waals surface area contributed by atoms with Crippen molar-refractivity contribution in [1.29, 1.82) is 0 Å². The summed E-state index contributed by atoms with van der Waals surface area (Å²) in [6, 6.07) is 4.94. The maximum atomic E-state index is 12.2. The largest absolute Gasteiger partial charge is 0.493 e. The van der Waals surface area contributed by atoms with Crippen LogP contribution in [-0.2, 0) is 9.53 Å². The van der Waals surface area contributed by atoms with Crippen LogP contribution >= 0.6 is 0 Å². The SMILES string of the molecule is COc1cccc(C(=O)OCC(=O)N2CCC(C)CC2)c1OC. The average molecular weight is 321 g/mol. The summed E-state index contributed by atoms with van der Waals surface area (Å²) in [5.74, 6) is 0.631. The fourth-order valence-corrected chi connectivity index (χ4v) is 2.60.